The van der Waals surface area contributed by atoms with Gasteiger partial charge in [-0.15, -0.1) is 0 Å². The van der Waals surface area contributed by atoms with Gasteiger partial charge in [0.25, 0.3) is 5.91 Å². The minimum atomic E-state index is -0.690. The zero-order chi connectivity index (χ0) is 19.6. The Bertz CT molecular complexity index is 665. The van der Waals surface area contributed by atoms with Crippen LogP contribution in [0.1, 0.15) is 43.0 Å². The maximum absolute atomic E-state index is 12.2. The topological polar surface area (TPSA) is 117 Å². The minimum Gasteiger partial charge on any atom is -0.452 e. The quantitative estimate of drug-likeness (QED) is 0.537. The number of benzene rings is 1. The predicted octanol–water partition coefficient (Wildman–Crippen LogP) is 1.65. The largest absolute Gasteiger partial charge is 0.452 e. The summed E-state index contributed by atoms with van der Waals surface area (Å²) >= 11 is 0. The highest BCUT2D eigenvalue weighted by Gasteiger charge is 2.23. The first-order chi connectivity index (χ1) is 13.0. The number of hydrogen-bond acceptors (Lipinski definition) is 6. The molecule has 0 spiro atoms. The highest BCUT2D eigenvalue weighted by molar-refractivity contribution is 5.99. The monoisotopic (exact) mass is 377 g/mol. The van der Waals surface area contributed by atoms with Crippen LogP contribution in [0.5, 0.6) is 0 Å². The van der Waals surface area contributed by atoms with Crippen molar-refractivity contribution < 1.29 is 24.2 Å². The molecule has 3 amide bonds. The summed E-state index contributed by atoms with van der Waals surface area (Å²) in [6.07, 6.45) is 4.17. The number of aliphatic hydroxyl groups excluding tert-OH is 1. The Morgan fingerprint density at radius 2 is 1.93 bits per heavy atom. The maximum atomic E-state index is 12.2. The van der Waals surface area contributed by atoms with Crippen molar-refractivity contribution in [2.45, 2.75) is 38.6 Å². The minimum absolute atomic E-state index is 0.0542. The number of anilines is 1. The van der Waals surface area contributed by atoms with Gasteiger partial charge in [-0.1, -0.05) is 31.9 Å². The molecule has 1 aliphatic rings. The third-order valence-corrected chi connectivity index (χ3v) is 4.59. The van der Waals surface area contributed by atoms with Gasteiger partial charge in [0.2, 0.25) is 0 Å². The molecular weight excluding hydrogens is 350 g/mol. The summed E-state index contributed by atoms with van der Waals surface area (Å²) in [5.74, 6) is -1.00. The lowest BCUT2D eigenvalue weighted by molar-refractivity contribution is -0.123. The van der Waals surface area contributed by atoms with Crippen molar-refractivity contribution in [3.05, 3.63) is 29.8 Å². The van der Waals surface area contributed by atoms with E-state index in [0.717, 1.165) is 25.7 Å². The first-order valence-electron chi connectivity index (χ1n) is 9.22. The van der Waals surface area contributed by atoms with E-state index in [1.807, 2.05) is 0 Å². The van der Waals surface area contributed by atoms with Crippen LogP contribution in [-0.2, 0) is 9.53 Å². The summed E-state index contributed by atoms with van der Waals surface area (Å²) in [5, 5.41) is 16.8. The number of nitrogens with one attached hydrogen (secondary N) is 3. The highest BCUT2D eigenvalue weighted by atomic mass is 16.5. The van der Waals surface area contributed by atoms with Crippen LogP contribution in [0.3, 0.4) is 0 Å². The summed E-state index contributed by atoms with van der Waals surface area (Å²) in [7, 11) is 0. The van der Waals surface area contributed by atoms with Crippen molar-refractivity contribution in [3.8, 4) is 0 Å². The van der Waals surface area contributed by atoms with Gasteiger partial charge in [-0.3, -0.25) is 10.1 Å². The SMILES string of the molecule is C[C@@H]1CCCC[C@H]1NC(=O)NC(=O)COC(=O)c1ccccc1NCCO. The summed E-state index contributed by atoms with van der Waals surface area (Å²) in [6.45, 7) is 1.72. The van der Waals surface area contributed by atoms with Crippen molar-refractivity contribution in [1.29, 1.82) is 0 Å². The van der Waals surface area contributed by atoms with Crippen molar-refractivity contribution in [1.82, 2.24) is 10.6 Å². The van der Waals surface area contributed by atoms with E-state index in [4.69, 9.17) is 9.84 Å². The fourth-order valence-corrected chi connectivity index (χ4v) is 3.11. The molecule has 148 valence electrons. The summed E-state index contributed by atoms with van der Waals surface area (Å²) in [6, 6.07) is 6.11. The number of imide groups is 1. The first kappa shape index (κ1) is 20.7. The molecule has 4 N–H and O–H groups in total. The van der Waals surface area contributed by atoms with Gasteiger partial charge in [-0.25, -0.2) is 9.59 Å². The second kappa shape index (κ2) is 10.5. The molecular formula is C19H27N3O5. The van der Waals surface area contributed by atoms with E-state index >= 15 is 0 Å². The van der Waals surface area contributed by atoms with Crippen molar-refractivity contribution in [2.24, 2.45) is 5.92 Å². The van der Waals surface area contributed by atoms with Gasteiger partial charge in [-0.05, 0) is 30.9 Å². The van der Waals surface area contributed by atoms with E-state index in [1.54, 1.807) is 24.3 Å². The normalized spacial score (nSPS) is 19.0. The first-order valence-corrected chi connectivity index (χ1v) is 9.22. The third kappa shape index (κ3) is 6.56. The molecule has 8 nitrogen and oxygen atoms in total. The number of esters is 1. The molecule has 1 aromatic rings. The molecule has 0 unspecified atom stereocenters. The molecule has 0 saturated heterocycles. The molecule has 1 fully saturated rings. The average molecular weight is 377 g/mol. The Hall–Kier alpha value is -2.61. The molecule has 0 aromatic heterocycles. The van der Waals surface area contributed by atoms with Gasteiger partial charge in [0, 0.05) is 18.3 Å². The molecule has 0 heterocycles. The average Bonchev–Trinajstić information content (AvgIpc) is 2.66. The molecule has 1 saturated carbocycles. The number of ether oxygens (including phenoxy) is 1. The standard InChI is InChI=1S/C19H27N3O5/c1-13-6-2-4-8-15(13)21-19(26)22-17(24)12-27-18(25)14-7-3-5-9-16(14)20-10-11-23/h3,5,7,9,13,15,20,23H,2,4,6,8,10-12H2,1H3,(H2,21,22,24,26)/t13-,15-/m1/s1. The van der Waals surface area contributed by atoms with Crippen LogP contribution in [0.2, 0.25) is 0 Å². The number of hydrogen-bond donors (Lipinski definition) is 4. The van der Waals surface area contributed by atoms with Crippen LogP contribution in [0.15, 0.2) is 24.3 Å². The highest BCUT2D eigenvalue weighted by Crippen LogP contribution is 2.23. The number of amides is 3. The van der Waals surface area contributed by atoms with Crippen LogP contribution in [0.25, 0.3) is 0 Å². The van der Waals surface area contributed by atoms with E-state index in [1.165, 1.54) is 0 Å². The summed E-state index contributed by atoms with van der Waals surface area (Å²) < 4.78 is 4.99. The van der Waals surface area contributed by atoms with Gasteiger partial charge >= 0.3 is 12.0 Å². The van der Waals surface area contributed by atoms with Crippen molar-refractivity contribution in [3.63, 3.8) is 0 Å². The van der Waals surface area contributed by atoms with Crippen LogP contribution in [-0.4, -0.2) is 48.8 Å². The molecule has 1 aliphatic carbocycles. The predicted molar refractivity (Wildman–Crippen MR) is 100 cm³/mol. The Morgan fingerprint density at radius 3 is 2.67 bits per heavy atom. The lowest BCUT2D eigenvalue weighted by Crippen LogP contribution is -2.48. The van der Waals surface area contributed by atoms with E-state index in [2.05, 4.69) is 22.9 Å². The van der Waals surface area contributed by atoms with Crippen LogP contribution < -0.4 is 16.0 Å². The van der Waals surface area contributed by atoms with E-state index < -0.39 is 24.5 Å². The Kier molecular flexibility index (Phi) is 8.06. The van der Waals surface area contributed by atoms with E-state index in [-0.39, 0.29) is 24.8 Å². The van der Waals surface area contributed by atoms with Gasteiger partial charge < -0.3 is 20.5 Å². The zero-order valence-electron chi connectivity index (χ0n) is 15.5. The van der Waals surface area contributed by atoms with Crippen molar-refractivity contribution in [2.75, 3.05) is 25.1 Å². The Balaban J connectivity index is 1.79. The fourth-order valence-electron chi connectivity index (χ4n) is 3.11. The van der Waals surface area contributed by atoms with Crippen LogP contribution in [0.4, 0.5) is 10.5 Å². The number of para-hydroxylation sites is 1. The maximum Gasteiger partial charge on any atom is 0.340 e. The van der Waals surface area contributed by atoms with Gasteiger partial charge in [0.15, 0.2) is 6.61 Å². The second-order valence-electron chi connectivity index (χ2n) is 6.66. The van der Waals surface area contributed by atoms with Crippen molar-refractivity contribution >= 4 is 23.6 Å². The van der Waals surface area contributed by atoms with Crippen LogP contribution >= 0.6 is 0 Å². The summed E-state index contributed by atoms with van der Waals surface area (Å²) in [4.78, 5) is 36.0. The second-order valence-corrected chi connectivity index (χ2v) is 6.66. The number of carbonyl (C=O) groups excluding carboxylic acids is 3. The molecule has 0 aliphatic heterocycles. The zero-order valence-corrected chi connectivity index (χ0v) is 15.5. The number of carbonyl (C=O) groups is 3. The number of rotatable bonds is 7. The third-order valence-electron chi connectivity index (χ3n) is 4.59. The fraction of sp³-hybridized carbons (Fsp3) is 0.526. The molecule has 8 heteroatoms. The number of aliphatic hydroxyl groups is 1. The van der Waals surface area contributed by atoms with E-state index in [9.17, 15) is 14.4 Å². The van der Waals surface area contributed by atoms with Gasteiger partial charge in [-0.2, -0.15) is 0 Å². The Labute approximate surface area is 158 Å². The van der Waals surface area contributed by atoms with Gasteiger partial charge in [0.05, 0.1) is 12.2 Å². The lowest BCUT2D eigenvalue weighted by Gasteiger charge is -2.29. The van der Waals surface area contributed by atoms with Gasteiger partial charge in [0.1, 0.15) is 0 Å². The Morgan fingerprint density at radius 1 is 1.19 bits per heavy atom. The molecule has 2 atom stereocenters. The molecule has 2 rings (SSSR count). The summed E-state index contributed by atoms with van der Waals surface area (Å²) in [5.41, 5.74) is 0.750. The van der Waals surface area contributed by atoms with Crippen LogP contribution in [0, 0.1) is 5.92 Å². The molecule has 0 radical (unpaired) electrons. The number of urea groups is 1. The van der Waals surface area contributed by atoms with E-state index in [0.29, 0.717) is 11.6 Å². The lowest BCUT2D eigenvalue weighted by atomic mass is 9.86. The molecule has 0 bridgehead atoms. The smallest absolute Gasteiger partial charge is 0.340 e. The molecule has 1 aromatic carbocycles. The molecule has 27 heavy (non-hydrogen) atoms.